The summed E-state index contributed by atoms with van der Waals surface area (Å²) in [6, 6.07) is 0. The molecule has 1 N–H and O–H groups in total. The van der Waals surface area contributed by atoms with E-state index in [1.54, 1.807) is 0 Å². The molecule has 0 radical (unpaired) electrons. The number of unbranched alkanes of at least 4 members (excludes halogenated alkanes) is 2. The molecule has 0 atom stereocenters. The van der Waals surface area contributed by atoms with Crippen LogP contribution in [0, 0.1) is 0 Å². The van der Waals surface area contributed by atoms with Crippen molar-refractivity contribution in [2.75, 3.05) is 31.1 Å². The van der Waals surface area contributed by atoms with Crippen molar-refractivity contribution in [3.05, 3.63) is 0 Å². The summed E-state index contributed by atoms with van der Waals surface area (Å²) >= 11 is 0. The molecule has 0 amide bonds. The first-order chi connectivity index (χ1) is 8.99. The Morgan fingerprint density at radius 3 is 2.32 bits per heavy atom. The van der Waals surface area contributed by atoms with E-state index < -0.39 is 15.8 Å². The quantitative estimate of drug-likeness (QED) is 0.652. The summed E-state index contributed by atoms with van der Waals surface area (Å²) in [6.45, 7) is 2.69. The lowest BCUT2D eigenvalue weighted by atomic mass is 10.1. The fourth-order valence-corrected chi connectivity index (χ4v) is 3.71. The Balaban J connectivity index is 2.11. The van der Waals surface area contributed by atoms with Crippen molar-refractivity contribution in [3.8, 4) is 0 Å². The number of carboxylic acid groups (broad SMARTS) is 1. The molecule has 0 saturated carbocycles. The van der Waals surface area contributed by atoms with Gasteiger partial charge in [-0.2, -0.15) is 0 Å². The Kier molecular flexibility index (Phi) is 7.38. The van der Waals surface area contributed by atoms with Crippen molar-refractivity contribution in [2.45, 2.75) is 44.9 Å². The molecular weight excluding hydrogens is 266 g/mol. The molecule has 1 rings (SSSR count). The number of aliphatic carboxylic acids is 1. The lowest BCUT2D eigenvalue weighted by molar-refractivity contribution is -0.137. The van der Waals surface area contributed by atoms with E-state index in [0.29, 0.717) is 25.8 Å². The van der Waals surface area contributed by atoms with Gasteiger partial charge in [0.25, 0.3) is 0 Å². The van der Waals surface area contributed by atoms with E-state index in [4.69, 9.17) is 5.11 Å². The van der Waals surface area contributed by atoms with Crippen molar-refractivity contribution < 1.29 is 18.3 Å². The van der Waals surface area contributed by atoms with Crippen LogP contribution in [0.25, 0.3) is 0 Å². The Morgan fingerprint density at radius 2 is 1.68 bits per heavy atom. The summed E-state index contributed by atoms with van der Waals surface area (Å²) in [6.07, 6.45) is 5.56. The predicted molar refractivity (Wildman–Crippen MR) is 75.0 cm³/mol. The van der Waals surface area contributed by atoms with Crippen LogP contribution in [0.4, 0.5) is 0 Å². The lowest BCUT2D eigenvalue weighted by Gasteiger charge is -2.26. The SMILES string of the molecule is O=C(O)CCCCCS(=O)(=O)CCN1CCCCC1. The number of hydrogen-bond acceptors (Lipinski definition) is 4. The predicted octanol–water partition coefficient (Wildman–Crippen LogP) is 1.53. The summed E-state index contributed by atoms with van der Waals surface area (Å²) in [5.41, 5.74) is 0. The number of carboxylic acids is 1. The molecule has 6 heteroatoms. The molecule has 1 saturated heterocycles. The van der Waals surface area contributed by atoms with Crippen molar-refractivity contribution in [1.82, 2.24) is 4.90 Å². The van der Waals surface area contributed by atoms with Crippen LogP contribution < -0.4 is 0 Å². The molecule has 0 unspecified atom stereocenters. The number of sulfone groups is 1. The minimum Gasteiger partial charge on any atom is -0.481 e. The van der Waals surface area contributed by atoms with Gasteiger partial charge >= 0.3 is 5.97 Å². The Hall–Kier alpha value is -0.620. The first-order valence-electron chi connectivity index (χ1n) is 7.14. The van der Waals surface area contributed by atoms with Crippen LogP contribution in [0.2, 0.25) is 0 Å². The van der Waals surface area contributed by atoms with Gasteiger partial charge in [-0.15, -0.1) is 0 Å². The lowest BCUT2D eigenvalue weighted by Crippen LogP contribution is -2.34. The van der Waals surface area contributed by atoms with E-state index in [2.05, 4.69) is 4.90 Å². The van der Waals surface area contributed by atoms with Gasteiger partial charge in [0, 0.05) is 13.0 Å². The third-order valence-electron chi connectivity index (χ3n) is 3.51. The van der Waals surface area contributed by atoms with E-state index in [1.807, 2.05) is 0 Å². The maximum absolute atomic E-state index is 11.8. The molecule has 1 fully saturated rings. The number of piperidine rings is 1. The van der Waals surface area contributed by atoms with Crippen LogP contribution >= 0.6 is 0 Å². The normalized spacial score (nSPS) is 17.5. The van der Waals surface area contributed by atoms with Crippen LogP contribution in [0.1, 0.15) is 44.9 Å². The van der Waals surface area contributed by atoms with E-state index >= 15 is 0 Å². The van der Waals surface area contributed by atoms with Crippen LogP contribution in [0.3, 0.4) is 0 Å². The van der Waals surface area contributed by atoms with E-state index in [0.717, 1.165) is 13.1 Å². The molecular formula is C13H25NO4S. The van der Waals surface area contributed by atoms with Crippen molar-refractivity contribution >= 4 is 15.8 Å². The second kappa shape index (κ2) is 8.53. The first-order valence-corrected chi connectivity index (χ1v) is 8.96. The molecule has 0 aromatic rings. The van der Waals surface area contributed by atoms with Crippen LogP contribution in [-0.2, 0) is 14.6 Å². The highest BCUT2D eigenvalue weighted by molar-refractivity contribution is 7.91. The summed E-state index contributed by atoms with van der Waals surface area (Å²) in [7, 11) is -2.97. The summed E-state index contributed by atoms with van der Waals surface area (Å²) in [5, 5.41) is 8.48. The largest absolute Gasteiger partial charge is 0.481 e. The number of likely N-dealkylation sites (tertiary alicyclic amines) is 1. The van der Waals surface area contributed by atoms with Crippen LogP contribution in [0.15, 0.2) is 0 Å². The first kappa shape index (κ1) is 16.4. The molecule has 1 aliphatic rings. The van der Waals surface area contributed by atoms with E-state index in [1.165, 1.54) is 19.3 Å². The zero-order valence-corrected chi connectivity index (χ0v) is 12.3. The smallest absolute Gasteiger partial charge is 0.303 e. The molecule has 0 bridgehead atoms. The van der Waals surface area contributed by atoms with Gasteiger partial charge < -0.3 is 10.0 Å². The monoisotopic (exact) mass is 291 g/mol. The van der Waals surface area contributed by atoms with Crippen molar-refractivity contribution in [3.63, 3.8) is 0 Å². The fourth-order valence-electron chi connectivity index (χ4n) is 2.33. The third-order valence-corrected chi connectivity index (χ3v) is 5.23. The standard InChI is InChI=1S/C13H25NO4S/c15-13(16)7-3-1-6-11-19(17,18)12-10-14-8-4-2-5-9-14/h1-12H2,(H,15,16). The second-order valence-electron chi connectivity index (χ2n) is 5.26. The Morgan fingerprint density at radius 1 is 1.00 bits per heavy atom. The molecule has 0 aromatic heterocycles. The maximum Gasteiger partial charge on any atom is 0.303 e. The molecule has 1 heterocycles. The second-order valence-corrected chi connectivity index (χ2v) is 7.56. The Bertz CT molecular complexity index is 361. The summed E-state index contributed by atoms with van der Waals surface area (Å²) in [4.78, 5) is 12.5. The zero-order valence-electron chi connectivity index (χ0n) is 11.5. The van der Waals surface area contributed by atoms with Gasteiger partial charge in [-0.3, -0.25) is 4.79 Å². The molecule has 0 spiro atoms. The van der Waals surface area contributed by atoms with Crippen molar-refractivity contribution in [2.24, 2.45) is 0 Å². The van der Waals surface area contributed by atoms with Gasteiger partial charge in [0.15, 0.2) is 9.84 Å². The molecule has 0 aromatic carbocycles. The third kappa shape index (κ3) is 8.21. The molecule has 112 valence electrons. The molecule has 19 heavy (non-hydrogen) atoms. The van der Waals surface area contributed by atoms with Crippen molar-refractivity contribution in [1.29, 1.82) is 0 Å². The average molecular weight is 291 g/mol. The molecule has 0 aliphatic carbocycles. The highest BCUT2D eigenvalue weighted by Crippen LogP contribution is 2.09. The molecule has 5 nitrogen and oxygen atoms in total. The van der Waals surface area contributed by atoms with Gasteiger partial charge in [0.1, 0.15) is 0 Å². The minimum atomic E-state index is -2.97. The summed E-state index contributed by atoms with van der Waals surface area (Å²) in [5.74, 6) is -0.375. The van der Waals surface area contributed by atoms with Gasteiger partial charge in [-0.1, -0.05) is 12.8 Å². The average Bonchev–Trinajstić information content (AvgIpc) is 2.37. The van der Waals surface area contributed by atoms with Gasteiger partial charge in [-0.05, 0) is 38.8 Å². The van der Waals surface area contributed by atoms with Crippen LogP contribution in [0.5, 0.6) is 0 Å². The zero-order chi connectivity index (χ0) is 14.1. The number of hydrogen-bond donors (Lipinski definition) is 1. The number of nitrogens with zero attached hydrogens (tertiary/aromatic N) is 1. The maximum atomic E-state index is 11.8. The Labute approximate surface area is 115 Å². The highest BCUT2D eigenvalue weighted by atomic mass is 32.2. The van der Waals surface area contributed by atoms with E-state index in [-0.39, 0.29) is 17.9 Å². The fraction of sp³-hybridized carbons (Fsp3) is 0.923. The van der Waals surface area contributed by atoms with Gasteiger partial charge in [0.2, 0.25) is 0 Å². The topological polar surface area (TPSA) is 74.7 Å². The van der Waals surface area contributed by atoms with E-state index in [9.17, 15) is 13.2 Å². The summed E-state index contributed by atoms with van der Waals surface area (Å²) < 4.78 is 23.7. The minimum absolute atomic E-state index is 0.133. The highest BCUT2D eigenvalue weighted by Gasteiger charge is 2.15. The van der Waals surface area contributed by atoms with Crippen LogP contribution in [-0.4, -0.2) is 55.5 Å². The number of carbonyl (C=O) groups is 1. The van der Waals surface area contributed by atoms with Gasteiger partial charge in [0.05, 0.1) is 11.5 Å². The number of rotatable bonds is 9. The molecule has 1 aliphatic heterocycles. The van der Waals surface area contributed by atoms with Gasteiger partial charge in [-0.25, -0.2) is 8.42 Å².